The van der Waals surface area contributed by atoms with Crippen molar-refractivity contribution in [3.05, 3.63) is 59.7 Å². The Labute approximate surface area is 173 Å². The Kier molecular flexibility index (Phi) is 7.06. The number of nitrogens with zero attached hydrogens (tertiary/aromatic N) is 5. The molecule has 0 amide bonds. The number of ketones is 1. The van der Waals surface area contributed by atoms with E-state index < -0.39 is 0 Å². The van der Waals surface area contributed by atoms with Crippen LogP contribution in [0.4, 0.5) is 11.4 Å². The first kappa shape index (κ1) is 21.9. The maximum absolute atomic E-state index is 11.6. The zero-order chi connectivity index (χ0) is 22.3. The molecule has 11 heteroatoms. The van der Waals surface area contributed by atoms with Gasteiger partial charge in [0.2, 0.25) is 17.9 Å². The van der Waals surface area contributed by atoms with Gasteiger partial charge in [0.25, 0.3) is 0 Å². The summed E-state index contributed by atoms with van der Waals surface area (Å²) in [5.41, 5.74) is 30.7. The molecule has 0 heterocycles. The molecule has 0 aliphatic heterocycles. The lowest BCUT2D eigenvalue weighted by molar-refractivity contribution is 0.101. The van der Waals surface area contributed by atoms with Gasteiger partial charge in [-0.3, -0.25) is 9.69 Å². The highest BCUT2D eigenvalue weighted by Crippen LogP contribution is 2.26. The largest absolute Gasteiger partial charge is 0.369 e. The highest BCUT2D eigenvalue weighted by molar-refractivity contribution is 6.04. The smallest absolute Gasteiger partial charge is 0.225 e. The van der Waals surface area contributed by atoms with Gasteiger partial charge >= 0.3 is 0 Å². The van der Waals surface area contributed by atoms with Crippen LogP contribution in [0.5, 0.6) is 0 Å². The van der Waals surface area contributed by atoms with E-state index in [0.717, 1.165) is 5.56 Å². The molecular weight excluding hydrogens is 384 g/mol. The topological polar surface area (TPSA) is 200 Å². The number of Topliss-reactive ketones (excluding diaryl/α,β-unsaturated/α-hetero) is 1. The van der Waals surface area contributed by atoms with Gasteiger partial charge in [-0.15, -0.1) is 15.3 Å². The molecule has 11 nitrogen and oxygen atoms in total. The molecule has 0 atom stereocenters. The molecule has 0 radical (unpaired) electrons. The van der Waals surface area contributed by atoms with Crippen LogP contribution in [0.25, 0.3) is 0 Å². The predicted octanol–water partition coefficient (Wildman–Crippen LogP) is 0.528. The molecule has 0 spiro atoms. The zero-order valence-corrected chi connectivity index (χ0v) is 16.6. The fourth-order valence-corrected chi connectivity index (χ4v) is 2.45. The second-order valence-electron chi connectivity index (χ2n) is 6.18. The van der Waals surface area contributed by atoms with Gasteiger partial charge in [-0.2, -0.15) is 5.10 Å². The van der Waals surface area contributed by atoms with Crippen LogP contribution in [0.2, 0.25) is 0 Å². The monoisotopic (exact) mass is 408 g/mol. The van der Waals surface area contributed by atoms with Crippen molar-refractivity contribution in [1.29, 1.82) is 0 Å². The first-order chi connectivity index (χ1) is 14.2. The molecular formula is C19H24N10O. The summed E-state index contributed by atoms with van der Waals surface area (Å²) in [5, 5.41) is 15.1. The van der Waals surface area contributed by atoms with Gasteiger partial charge in [-0.05, 0) is 55.8 Å². The summed E-state index contributed by atoms with van der Waals surface area (Å²) in [6, 6.07) is 14.1. The first-order valence-electron chi connectivity index (χ1n) is 8.76. The SMILES string of the molecule is CC(=O)c1ccc(N(/C(N)=N/N=C(N)N)c2ccc(/C(C)=N/N=C(N)N)cc2)cc1. The second kappa shape index (κ2) is 9.68. The van der Waals surface area contributed by atoms with Crippen LogP contribution < -0.4 is 33.6 Å². The lowest BCUT2D eigenvalue weighted by Gasteiger charge is -2.23. The number of rotatable bonds is 6. The molecule has 30 heavy (non-hydrogen) atoms. The maximum Gasteiger partial charge on any atom is 0.225 e. The molecule has 10 N–H and O–H groups in total. The molecule has 156 valence electrons. The first-order valence-corrected chi connectivity index (χ1v) is 8.76. The van der Waals surface area contributed by atoms with Gasteiger partial charge in [-0.1, -0.05) is 12.1 Å². The standard InChI is InChI=1S/C19H24N10O/c1-11(25-26-17(20)21)13-3-7-15(8-4-13)29(19(24)28-27-18(22)23)16-9-5-14(6-10-16)12(2)30/h3-10H,1-2H3,(H2,24,28)(H4,20,21,26)(H4,22,23,27)/b25-11+. The Bertz CT molecular complexity index is 1010. The molecule has 0 fully saturated rings. The van der Waals surface area contributed by atoms with Crippen molar-refractivity contribution in [3.8, 4) is 0 Å². The summed E-state index contributed by atoms with van der Waals surface area (Å²) >= 11 is 0. The van der Waals surface area contributed by atoms with Crippen molar-refractivity contribution >= 4 is 40.7 Å². The van der Waals surface area contributed by atoms with Crippen molar-refractivity contribution < 1.29 is 4.79 Å². The molecule has 0 aliphatic carbocycles. The van der Waals surface area contributed by atoms with E-state index in [2.05, 4.69) is 20.4 Å². The quantitative estimate of drug-likeness (QED) is 0.198. The van der Waals surface area contributed by atoms with Crippen LogP contribution in [-0.4, -0.2) is 29.4 Å². The molecule has 2 aromatic rings. The van der Waals surface area contributed by atoms with Gasteiger partial charge in [0, 0.05) is 16.9 Å². The number of carbonyl (C=O) groups excluding carboxylic acids is 1. The minimum absolute atomic E-state index is 0.0256. The van der Waals surface area contributed by atoms with Crippen LogP contribution in [0, 0.1) is 0 Å². The van der Waals surface area contributed by atoms with E-state index in [-0.39, 0.29) is 23.7 Å². The van der Waals surface area contributed by atoms with E-state index in [4.69, 9.17) is 28.7 Å². The Hall–Kier alpha value is -4.41. The summed E-state index contributed by atoms with van der Waals surface area (Å²) in [7, 11) is 0. The lowest BCUT2D eigenvalue weighted by Crippen LogP contribution is -2.33. The van der Waals surface area contributed by atoms with Crippen LogP contribution in [0.1, 0.15) is 29.8 Å². The molecule has 0 unspecified atom stereocenters. The number of hydrogen-bond donors (Lipinski definition) is 5. The third-order valence-electron chi connectivity index (χ3n) is 3.89. The van der Waals surface area contributed by atoms with E-state index in [0.29, 0.717) is 22.6 Å². The van der Waals surface area contributed by atoms with Crippen molar-refractivity contribution in [2.24, 2.45) is 49.1 Å². The molecule has 0 saturated heterocycles. The summed E-state index contributed by atoms with van der Waals surface area (Å²) < 4.78 is 0. The van der Waals surface area contributed by atoms with Crippen LogP contribution in [-0.2, 0) is 0 Å². The normalized spacial score (nSPS) is 11.5. The summed E-state index contributed by atoms with van der Waals surface area (Å²) in [4.78, 5) is 13.2. The highest BCUT2D eigenvalue weighted by atomic mass is 16.1. The maximum atomic E-state index is 11.6. The third kappa shape index (κ3) is 5.79. The molecule has 2 rings (SSSR count). The Morgan fingerprint density at radius 1 is 0.667 bits per heavy atom. The van der Waals surface area contributed by atoms with E-state index in [1.165, 1.54) is 6.92 Å². The number of nitrogens with two attached hydrogens (primary N) is 5. The van der Waals surface area contributed by atoms with Gasteiger partial charge < -0.3 is 28.7 Å². The highest BCUT2D eigenvalue weighted by Gasteiger charge is 2.15. The second-order valence-corrected chi connectivity index (χ2v) is 6.18. The zero-order valence-electron chi connectivity index (χ0n) is 16.6. The minimum atomic E-state index is -0.230. The van der Waals surface area contributed by atoms with Crippen molar-refractivity contribution in [1.82, 2.24) is 0 Å². The summed E-state index contributed by atoms with van der Waals surface area (Å²) in [6.45, 7) is 3.26. The van der Waals surface area contributed by atoms with E-state index >= 15 is 0 Å². The van der Waals surface area contributed by atoms with Gasteiger partial charge in [0.1, 0.15) is 0 Å². The molecule has 0 bridgehead atoms. The van der Waals surface area contributed by atoms with E-state index in [1.807, 2.05) is 12.1 Å². The van der Waals surface area contributed by atoms with E-state index in [9.17, 15) is 4.79 Å². The number of guanidine groups is 3. The van der Waals surface area contributed by atoms with Crippen LogP contribution in [0.15, 0.2) is 68.9 Å². The Morgan fingerprint density at radius 2 is 1.10 bits per heavy atom. The lowest BCUT2D eigenvalue weighted by atomic mass is 10.1. The molecule has 0 aromatic heterocycles. The fraction of sp³-hybridized carbons (Fsp3) is 0.105. The van der Waals surface area contributed by atoms with Gasteiger partial charge in [-0.25, -0.2) is 0 Å². The predicted molar refractivity (Wildman–Crippen MR) is 120 cm³/mol. The van der Waals surface area contributed by atoms with Gasteiger partial charge in [0.05, 0.1) is 5.71 Å². The molecule has 0 saturated carbocycles. The van der Waals surface area contributed by atoms with Crippen molar-refractivity contribution in [3.63, 3.8) is 0 Å². The average Bonchev–Trinajstić information content (AvgIpc) is 2.71. The average molecular weight is 408 g/mol. The summed E-state index contributed by atoms with van der Waals surface area (Å²) in [5.74, 6) is -0.380. The Balaban J connectivity index is 2.47. The number of hydrogen-bond acceptors (Lipinski definition) is 5. The van der Waals surface area contributed by atoms with Crippen molar-refractivity contribution in [2.45, 2.75) is 13.8 Å². The summed E-state index contributed by atoms with van der Waals surface area (Å²) in [6.07, 6.45) is 0. The van der Waals surface area contributed by atoms with Crippen LogP contribution >= 0.6 is 0 Å². The number of benzene rings is 2. The fourth-order valence-electron chi connectivity index (χ4n) is 2.45. The third-order valence-corrected chi connectivity index (χ3v) is 3.89. The van der Waals surface area contributed by atoms with Crippen LogP contribution in [0.3, 0.4) is 0 Å². The molecule has 0 aliphatic rings. The Morgan fingerprint density at radius 3 is 1.53 bits per heavy atom. The van der Waals surface area contributed by atoms with Crippen molar-refractivity contribution in [2.75, 3.05) is 4.90 Å². The molecule has 2 aromatic carbocycles. The number of anilines is 2. The van der Waals surface area contributed by atoms with Gasteiger partial charge in [0.15, 0.2) is 5.78 Å². The number of carbonyl (C=O) groups is 1. The minimum Gasteiger partial charge on any atom is -0.369 e. The van der Waals surface area contributed by atoms with E-state index in [1.54, 1.807) is 48.2 Å².